The molecular formula is C14H27N3. The number of rotatable bonds is 2. The van der Waals surface area contributed by atoms with Gasteiger partial charge < -0.3 is 5.32 Å². The van der Waals surface area contributed by atoms with Crippen LogP contribution in [-0.4, -0.2) is 60.6 Å². The first-order valence-corrected chi connectivity index (χ1v) is 7.34. The molecule has 3 heterocycles. The summed E-state index contributed by atoms with van der Waals surface area (Å²) in [5, 5.41) is 3.76. The van der Waals surface area contributed by atoms with Crippen molar-refractivity contribution in [2.24, 2.45) is 5.92 Å². The van der Waals surface area contributed by atoms with Crippen LogP contribution in [0.3, 0.4) is 0 Å². The average molecular weight is 237 g/mol. The molecule has 98 valence electrons. The highest BCUT2D eigenvalue weighted by Gasteiger charge is 2.40. The van der Waals surface area contributed by atoms with Crippen LogP contribution in [0.5, 0.6) is 0 Å². The number of piperazine rings is 1. The van der Waals surface area contributed by atoms with Crippen molar-refractivity contribution in [3.63, 3.8) is 0 Å². The average Bonchev–Trinajstić information content (AvgIpc) is 2.87. The van der Waals surface area contributed by atoms with Crippen LogP contribution in [0.4, 0.5) is 0 Å². The summed E-state index contributed by atoms with van der Waals surface area (Å²) >= 11 is 0. The molecule has 0 radical (unpaired) electrons. The van der Waals surface area contributed by atoms with E-state index in [1.54, 1.807) is 0 Å². The minimum absolute atomic E-state index is 0.713. The number of nitrogens with zero attached hydrogens (tertiary/aromatic N) is 2. The largest absolute Gasteiger partial charge is 0.311 e. The molecule has 3 aliphatic heterocycles. The molecule has 3 nitrogen and oxygen atoms in total. The predicted molar refractivity (Wildman–Crippen MR) is 71.2 cm³/mol. The molecule has 5 atom stereocenters. The van der Waals surface area contributed by atoms with Gasteiger partial charge in [0.25, 0.3) is 0 Å². The third-order valence-electron chi connectivity index (χ3n) is 5.36. The van der Waals surface area contributed by atoms with E-state index in [1.165, 1.54) is 38.9 Å². The minimum Gasteiger partial charge on any atom is -0.311 e. The normalized spacial score (nSPS) is 47.8. The van der Waals surface area contributed by atoms with Crippen molar-refractivity contribution in [3.8, 4) is 0 Å². The van der Waals surface area contributed by atoms with Gasteiger partial charge in [-0.05, 0) is 46.1 Å². The molecule has 2 bridgehead atoms. The van der Waals surface area contributed by atoms with Gasteiger partial charge in [0.15, 0.2) is 0 Å². The Morgan fingerprint density at radius 2 is 1.82 bits per heavy atom. The van der Waals surface area contributed by atoms with Crippen molar-refractivity contribution < 1.29 is 0 Å². The van der Waals surface area contributed by atoms with Crippen molar-refractivity contribution in [3.05, 3.63) is 0 Å². The van der Waals surface area contributed by atoms with Gasteiger partial charge in [-0.15, -0.1) is 0 Å². The van der Waals surface area contributed by atoms with Crippen LogP contribution in [0, 0.1) is 5.92 Å². The van der Waals surface area contributed by atoms with Gasteiger partial charge in [-0.3, -0.25) is 9.80 Å². The summed E-state index contributed by atoms with van der Waals surface area (Å²) in [7, 11) is 2.27. The second-order valence-corrected chi connectivity index (χ2v) is 6.63. The van der Waals surface area contributed by atoms with Gasteiger partial charge in [0, 0.05) is 43.8 Å². The van der Waals surface area contributed by atoms with E-state index in [9.17, 15) is 0 Å². The van der Waals surface area contributed by atoms with E-state index < -0.39 is 0 Å². The smallest absolute Gasteiger partial charge is 0.0195 e. The lowest BCUT2D eigenvalue weighted by Crippen LogP contribution is -2.56. The lowest BCUT2D eigenvalue weighted by molar-refractivity contribution is 0.0482. The maximum Gasteiger partial charge on any atom is 0.0195 e. The Kier molecular flexibility index (Phi) is 3.18. The number of likely N-dealkylation sites (N-methyl/N-ethyl adjacent to an activating group) is 1. The fourth-order valence-corrected chi connectivity index (χ4v) is 4.13. The summed E-state index contributed by atoms with van der Waals surface area (Å²) in [5.74, 6) is 0.927. The zero-order chi connectivity index (χ0) is 12.0. The Bertz CT molecular complexity index is 269. The molecule has 17 heavy (non-hydrogen) atoms. The van der Waals surface area contributed by atoms with E-state index in [0.717, 1.165) is 18.0 Å². The van der Waals surface area contributed by atoms with Gasteiger partial charge in [-0.25, -0.2) is 0 Å². The van der Waals surface area contributed by atoms with Crippen molar-refractivity contribution in [1.82, 2.24) is 15.1 Å². The maximum atomic E-state index is 3.76. The molecule has 5 unspecified atom stereocenters. The molecule has 3 saturated heterocycles. The Labute approximate surface area is 106 Å². The Morgan fingerprint density at radius 1 is 1.12 bits per heavy atom. The molecule has 0 aromatic carbocycles. The zero-order valence-corrected chi connectivity index (χ0v) is 11.5. The SMILES string of the molecule is CC1CN(CC2CC3CCC2N3)CC(C)N1C. The predicted octanol–water partition coefficient (Wildman–Crippen LogP) is 1.15. The summed E-state index contributed by atoms with van der Waals surface area (Å²) in [4.78, 5) is 5.23. The fraction of sp³-hybridized carbons (Fsp3) is 1.00. The highest BCUT2D eigenvalue weighted by Crippen LogP contribution is 2.34. The molecule has 3 heteroatoms. The first-order chi connectivity index (χ1) is 8.13. The van der Waals surface area contributed by atoms with Crippen LogP contribution in [0.2, 0.25) is 0 Å². The summed E-state index contributed by atoms with van der Waals surface area (Å²) in [6, 6.07) is 3.12. The number of hydrogen-bond donors (Lipinski definition) is 1. The maximum absolute atomic E-state index is 3.76. The van der Waals surface area contributed by atoms with E-state index >= 15 is 0 Å². The number of nitrogens with one attached hydrogen (secondary N) is 1. The topological polar surface area (TPSA) is 18.5 Å². The molecule has 0 aliphatic carbocycles. The fourth-order valence-electron chi connectivity index (χ4n) is 4.13. The van der Waals surface area contributed by atoms with Gasteiger partial charge in [0.2, 0.25) is 0 Å². The highest BCUT2D eigenvalue weighted by molar-refractivity contribution is 4.99. The third-order valence-corrected chi connectivity index (χ3v) is 5.36. The van der Waals surface area contributed by atoms with E-state index in [0.29, 0.717) is 12.1 Å². The van der Waals surface area contributed by atoms with E-state index in [1.807, 2.05) is 0 Å². The summed E-state index contributed by atoms with van der Waals surface area (Å²) in [5.41, 5.74) is 0. The molecule has 0 aromatic heterocycles. The Morgan fingerprint density at radius 3 is 2.35 bits per heavy atom. The van der Waals surface area contributed by atoms with Gasteiger partial charge in [-0.1, -0.05) is 0 Å². The molecule has 1 N–H and O–H groups in total. The monoisotopic (exact) mass is 237 g/mol. The number of fused-ring (bicyclic) bond motifs is 2. The molecule has 3 rings (SSSR count). The molecule has 0 aromatic rings. The third kappa shape index (κ3) is 2.25. The van der Waals surface area contributed by atoms with Crippen LogP contribution >= 0.6 is 0 Å². The Balaban J connectivity index is 1.55. The van der Waals surface area contributed by atoms with E-state index in [-0.39, 0.29) is 0 Å². The van der Waals surface area contributed by atoms with Crippen LogP contribution in [0.1, 0.15) is 33.1 Å². The van der Waals surface area contributed by atoms with Crippen LogP contribution in [-0.2, 0) is 0 Å². The van der Waals surface area contributed by atoms with Gasteiger partial charge in [0.1, 0.15) is 0 Å². The van der Waals surface area contributed by atoms with Crippen LogP contribution in [0.15, 0.2) is 0 Å². The van der Waals surface area contributed by atoms with Crippen LogP contribution < -0.4 is 5.32 Å². The quantitative estimate of drug-likeness (QED) is 0.777. The summed E-state index contributed by atoms with van der Waals surface area (Å²) < 4.78 is 0. The minimum atomic E-state index is 0.713. The molecular weight excluding hydrogens is 210 g/mol. The first-order valence-electron chi connectivity index (χ1n) is 7.34. The number of hydrogen-bond acceptors (Lipinski definition) is 3. The zero-order valence-electron chi connectivity index (χ0n) is 11.5. The van der Waals surface area contributed by atoms with E-state index in [4.69, 9.17) is 0 Å². The molecule has 3 aliphatic rings. The van der Waals surface area contributed by atoms with Crippen molar-refractivity contribution >= 4 is 0 Å². The van der Waals surface area contributed by atoms with Crippen LogP contribution in [0.25, 0.3) is 0 Å². The van der Waals surface area contributed by atoms with Gasteiger partial charge in [0.05, 0.1) is 0 Å². The summed E-state index contributed by atoms with van der Waals surface area (Å²) in [6.07, 6.45) is 4.28. The standard InChI is InChI=1S/C14H27N3/c1-10-7-17(8-11(2)16(10)3)9-12-6-13-4-5-14(12)15-13/h10-15H,4-9H2,1-3H3. The molecule has 0 spiro atoms. The van der Waals surface area contributed by atoms with E-state index in [2.05, 4.69) is 36.0 Å². The lowest BCUT2D eigenvalue weighted by Gasteiger charge is -2.43. The first kappa shape index (κ1) is 11.9. The van der Waals surface area contributed by atoms with Gasteiger partial charge >= 0.3 is 0 Å². The van der Waals surface area contributed by atoms with Crippen molar-refractivity contribution in [2.45, 2.75) is 57.3 Å². The second-order valence-electron chi connectivity index (χ2n) is 6.63. The van der Waals surface area contributed by atoms with Crippen molar-refractivity contribution in [1.29, 1.82) is 0 Å². The molecule has 3 fully saturated rings. The molecule has 0 amide bonds. The Hall–Kier alpha value is -0.120. The summed E-state index contributed by atoms with van der Waals surface area (Å²) in [6.45, 7) is 8.57. The molecule has 0 saturated carbocycles. The lowest BCUT2D eigenvalue weighted by atomic mass is 9.88. The highest BCUT2D eigenvalue weighted by atomic mass is 15.3. The second kappa shape index (κ2) is 4.52. The van der Waals surface area contributed by atoms with Gasteiger partial charge in [-0.2, -0.15) is 0 Å². The van der Waals surface area contributed by atoms with Crippen molar-refractivity contribution in [2.75, 3.05) is 26.7 Å².